The van der Waals surface area contributed by atoms with Crippen LogP contribution in [-0.4, -0.2) is 107 Å². The van der Waals surface area contributed by atoms with Gasteiger partial charge in [0.2, 0.25) is 41.5 Å². The highest BCUT2D eigenvalue weighted by atomic mass is 16.6. The van der Waals surface area contributed by atoms with Crippen LogP contribution in [0.15, 0.2) is 97.1 Å². The van der Waals surface area contributed by atoms with Crippen LogP contribution in [0.25, 0.3) is 0 Å². The third kappa shape index (κ3) is 13.4. The number of nitrogens with one attached hydrogen (secondary N) is 6. The van der Waals surface area contributed by atoms with Crippen LogP contribution in [0.1, 0.15) is 94.4 Å². The second-order valence-corrected chi connectivity index (χ2v) is 18.9. The number of carbonyl (C=O) groups is 7. The van der Waals surface area contributed by atoms with E-state index in [-0.39, 0.29) is 38.3 Å². The van der Waals surface area contributed by atoms with Gasteiger partial charge in [0.05, 0.1) is 0 Å². The third-order valence-electron chi connectivity index (χ3n) is 13.9. The summed E-state index contributed by atoms with van der Waals surface area (Å²) in [4.78, 5) is 115. The van der Waals surface area contributed by atoms with Crippen LogP contribution in [0.2, 0.25) is 0 Å². The number of rotatable bonds is 13. The van der Waals surface area contributed by atoms with E-state index in [4.69, 9.17) is 4.74 Å². The lowest BCUT2D eigenvalue weighted by molar-refractivity contribution is -0.498. The van der Waals surface area contributed by atoms with Crippen LogP contribution in [-0.2, 0) is 40.1 Å². The van der Waals surface area contributed by atoms with E-state index in [1.165, 1.54) is 4.90 Å². The first-order chi connectivity index (χ1) is 33.5. The quantitative estimate of drug-likeness (QED) is 0.0812. The Kier molecular flexibility index (Phi) is 17.9. The maximum atomic E-state index is 14.9. The highest BCUT2D eigenvalue weighted by molar-refractivity contribution is 5.98. The van der Waals surface area contributed by atoms with Crippen LogP contribution in [0.3, 0.4) is 0 Å². The maximum Gasteiger partial charge on any atom is 0.408 e. The maximum absolute atomic E-state index is 14.9. The molecule has 70 heavy (non-hydrogen) atoms. The van der Waals surface area contributed by atoms with E-state index in [2.05, 4.69) is 31.9 Å². The molecule has 0 aromatic heterocycles. The molecule has 1 aliphatic carbocycles. The van der Waals surface area contributed by atoms with E-state index in [0.29, 0.717) is 23.1 Å². The number of fused-ring (bicyclic) bond motifs is 1. The minimum atomic E-state index is -1.54. The van der Waals surface area contributed by atoms with Crippen molar-refractivity contribution in [3.05, 3.63) is 129 Å². The van der Waals surface area contributed by atoms with Crippen LogP contribution < -0.4 is 31.9 Å². The van der Waals surface area contributed by atoms with Gasteiger partial charge in [0, 0.05) is 42.2 Å². The zero-order chi connectivity index (χ0) is 50.6. The van der Waals surface area contributed by atoms with Crippen molar-refractivity contribution in [2.24, 2.45) is 17.8 Å². The number of amides is 7. The van der Waals surface area contributed by atoms with Gasteiger partial charge >= 0.3 is 6.09 Å². The molecule has 2 saturated heterocycles. The molecule has 3 aromatic carbocycles. The molecule has 3 fully saturated rings. The lowest BCUT2D eigenvalue weighted by Gasteiger charge is -2.34. The first-order valence-electron chi connectivity index (χ1n) is 24.1. The fourth-order valence-corrected chi connectivity index (χ4v) is 9.20. The van der Waals surface area contributed by atoms with Crippen molar-refractivity contribution in [2.75, 3.05) is 13.1 Å². The molecule has 6 rings (SSSR count). The van der Waals surface area contributed by atoms with E-state index in [9.17, 15) is 43.7 Å². The van der Waals surface area contributed by atoms with Crippen molar-refractivity contribution < 1.29 is 43.2 Å². The molecule has 0 unspecified atom stereocenters. The molecular weight excluding hydrogens is 897 g/mol. The van der Waals surface area contributed by atoms with E-state index < -0.39 is 119 Å². The summed E-state index contributed by atoms with van der Waals surface area (Å²) < 4.78 is 5.50. The number of nitrogens with zero attached hydrogens (tertiary/aromatic N) is 2. The average Bonchev–Trinajstić information content (AvgIpc) is 4.02. The molecule has 12 atom stereocenters. The lowest BCUT2D eigenvalue weighted by atomic mass is 9.90. The van der Waals surface area contributed by atoms with Gasteiger partial charge in [-0.2, -0.15) is 0 Å². The minimum absolute atomic E-state index is 0.138. The van der Waals surface area contributed by atoms with Crippen molar-refractivity contribution in [1.29, 1.82) is 0 Å². The molecule has 3 aromatic rings. The topological polar surface area (TPSA) is 247 Å². The molecule has 3 aliphatic rings. The fourth-order valence-electron chi connectivity index (χ4n) is 9.20. The Bertz CT molecular complexity index is 2380. The number of benzene rings is 3. The normalized spacial score (nSPS) is 27.2. The lowest BCUT2D eigenvalue weighted by Crippen LogP contribution is -2.61. The molecule has 374 valence electrons. The van der Waals surface area contributed by atoms with E-state index in [1.54, 1.807) is 93.6 Å². The predicted octanol–water partition coefficient (Wildman–Crippen LogP) is 4.16. The summed E-state index contributed by atoms with van der Waals surface area (Å²) in [6, 6.07) is 16.1. The van der Waals surface area contributed by atoms with Crippen LogP contribution in [0.5, 0.6) is 0 Å². The molecule has 6 N–H and O–H groups in total. The van der Waals surface area contributed by atoms with E-state index >= 15 is 0 Å². The van der Waals surface area contributed by atoms with Crippen molar-refractivity contribution in [2.45, 2.75) is 128 Å². The summed E-state index contributed by atoms with van der Waals surface area (Å²) in [6.45, 7) is 10.3. The molecule has 0 spiro atoms. The zero-order valence-electron chi connectivity index (χ0n) is 40.6. The molecule has 18 heteroatoms. The number of alkyl carbamates (subject to hydrolysis) is 1. The Hall–Kier alpha value is -7.11. The number of hydrogen-bond acceptors (Lipinski definition) is 10. The SMILES string of the molecule is C/C=C\[C@H]1C[C@H]2C(=O)NC[C@@H](NC(=O)OCc3ccc(C)cc3)C(=O)N[C@@H]([C@H](C)c3ccccc3)C(=O)N[C@H](C[C@H]3C[C@@H]3[N+](=O)[O-])C(=O)N[C@@H]([C@H](C)c3ccccc3)C(=O)N[C@H]([C@@H](C)CC)C(=O)N2C1. The van der Waals surface area contributed by atoms with Crippen molar-refractivity contribution >= 4 is 41.5 Å². The number of allylic oxidation sites excluding steroid dienone is 1. The standard InChI is InChI=1S/C52H66N8O10/c1-7-15-35-24-42-48(63)53-27-40(55-52(67)70-29-34-22-20-30(3)21-23-34)47(62)58-44(32(5)36-16-11-9-12-17-36)49(64)54-39(25-38-26-41(38)60(68)69)46(61)57-45(33(6)37-18-13-10-14-19-37)50(65)56-43(31(4)8-2)51(66)59(42)28-35/h7,9-23,31-33,35,38-45H,8,24-29H2,1-6H3,(H,53,63)(H,54,64)(H,55,67)(H,56,65)(H,57,61)(H,58,62)/b15-7-/t31-,32+,33+,35-,38-,39+,40+,41-,42-,43+,44-,45-/m0/s1. The van der Waals surface area contributed by atoms with Gasteiger partial charge in [-0.25, -0.2) is 4.79 Å². The summed E-state index contributed by atoms with van der Waals surface area (Å²) in [6.07, 6.45) is 3.37. The number of hydrogen-bond donors (Lipinski definition) is 6. The van der Waals surface area contributed by atoms with Crippen LogP contribution in [0, 0.1) is 34.8 Å². The first-order valence-corrected chi connectivity index (χ1v) is 24.1. The van der Waals surface area contributed by atoms with Crippen LogP contribution in [0.4, 0.5) is 4.79 Å². The summed E-state index contributed by atoms with van der Waals surface area (Å²) >= 11 is 0. The number of carbonyl (C=O) groups excluding carboxylic acids is 7. The van der Waals surface area contributed by atoms with Gasteiger partial charge in [0.15, 0.2) is 0 Å². The third-order valence-corrected chi connectivity index (χ3v) is 13.9. The van der Waals surface area contributed by atoms with Gasteiger partial charge < -0.3 is 41.5 Å². The number of aryl methyl sites for hydroxylation is 1. The Morgan fingerprint density at radius 1 is 0.786 bits per heavy atom. The average molecular weight is 963 g/mol. The van der Waals surface area contributed by atoms with Gasteiger partial charge in [0.25, 0.3) is 0 Å². The second-order valence-electron chi connectivity index (χ2n) is 18.9. The van der Waals surface area contributed by atoms with Gasteiger partial charge in [-0.1, -0.05) is 137 Å². The molecule has 2 heterocycles. The monoisotopic (exact) mass is 962 g/mol. The Morgan fingerprint density at radius 2 is 1.36 bits per heavy atom. The molecular formula is C52H66N8O10. The van der Waals surface area contributed by atoms with Crippen molar-refractivity contribution in [3.63, 3.8) is 0 Å². The predicted molar refractivity (Wildman–Crippen MR) is 260 cm³/mol. The Morgan fingerprint density at radius 3 is 1.91 bits per heavy atom. The molecule has 0 radical (unpaired) electrons. The number of ether oxygens (including phenoxy) is 1. The summed E-state index contributed by atoms with van der Waals surface area (Å²) in [5, 5.41) is 28.5. The second kappa shape index (κ2) is 23.9. The van der Waals surface area contributed by atoms with E-state index in [1.807, 2.05) is 45.1 Å². The minimum Gasteiger partial charge on any atom is -0.445 e. The smallest absolute Gasteiger partial charge is 0.408 e. The van der Waals surface area contributed by atoms with Gasteiger partial charge in [0.1, 0.15) is 42.9 Å². The largest absolute Gasteiger partial charge is 0.445 e. The van der Waals surface area contributed by atoms with Crippen molar-refractivity contribution in [3.8, 4) is 0 Å². The fraction of sp³-hybridized carbons (Fsp3) is 0.481. The molecule has 1 saturated carbocycles. The van der Waals surface area contributed by atoms with Crippen LogP contribution >= 0.6 is 0 Å². The summed E-state index contributed by atoms with van der Waals surface area (Å²) in [5.74, 6) is -7.14. The summed E-state index contributed by atoms with van der Waals surface area (Å²) in [7, 11) is 0. The molecule has 0 bridgehead atoms. The van der Waals surface area contributed by atoms with E-state index in [0.717, 1.165) is 5.56 Å². The summed E-state index contributed by atoms with van der Waals surface area (Å²) in [5.41, 5.74) is 2.98. The highest BCUT2D eigenvalue weighted by Gasteiger charge is 2.51. The van der Waals surface area contributed by atoms with Gasteiger partial charge in [-0.3, -0.25) is 38.9 Å². The van der Waals surface area contributed by atoms with Gasteiger partial charge in [-0.05, 0) is 55.2 Å². The van der Waals surface area contributed by atoms with Gasteiger partial charge in [-0.15, -0.1) is 0 Å². The Labute approximate surface area is 408 Å². The molecule has 7 amide bonds. The Balaban J connectivity index is 1.43. The highest BCUT2D eigenvalue weighted by Crippen LogP contribution is 2.37. The molecule has 18 nitrogen and oxygen atoms in total. The number of nitro groups is 1. The first kappa shape index (κ1) is 52.3. The zero-order valence-corrected chi connectivity index (χ0v) is 40.6. The molecule has 2 aliphatic heterocycles. The van der Waals surface area contributed by atoms with Crippen molar-refractivity contribution in [1.82, 2.24) is 36.8 Å².